The van der Waals surface area contributed by atoms with E-state index in [-0.39, 0.29) is 5.41 Å². The summed E-state index contributed by atoms with van der Waals surface area (Å²) in [4.78, 5) is 15.2. The number of hydrogen-bond donors (Lipinski definition) is 0. The van der Waals surface area contributed by atoms with Gasteiger partial charge in [-0.15, -0.1) is 0 Å². The zero-order valence-electron chi connectivity index (χ0n) is 12.7. The molecule has 0 N–H and O–H groups in total. The van der Waals surface area contributed by atoms with Crippen LogP contribution in [0.3, 0.4) is 0 Å². The summed E-state index contributed by atoms with van der Waals surface area (Å²) in [5, 5.41) is 0. The van der Waals surface area contributed by atoms with Gasteiger partial charge in [-0.2, -0.15) is 4.99 Å². The van der Waals surface area contributed by atoms with Gasteiger partial charge in [0.25, 0.3) is 0 Å². The number of benzene rings is 1. The van der Waals surface area contributed by atoms with Crippen LogP contribution in [-0.4, -0.2) is 17.9 Å². The van der Waals surface area contributed by atoms with Crippen LogP contribution >= 0.6 is 0 Å². The van der Waals surface area contributed by atoms with Gasteiger partial charge >= 0.3 is 6.09 Å². The minimum Gasteiger partial charge on any atom is -0.442 e. The molecule has 1 aromatic rings. The molecule has 0 fully saturated rings. The third-order valence-corrected chi connectivity index (χ3v) is 2.49. The zero-order valence-corrected chi connectivity index (χ0v) is 12.7. The van der Waals surface area contributed by atoms with E-state index in [4.69, 9.17) is 4.74 Å². The van der Waals surface area contributed by atoms with Gasteiger partial charge in [-0.3, -0.25) is 0 Å². The quantitative estimate of drug-likeness (QED) is 0.705. The van der Waals surface area contributed by atoms with Crippen LogP contribution in [0.15, 0.2) is 29.3 Å². The Kier molecular flexibility index (Phi) is 4.51. The molecule has 0 aliphatic rings. The summed E-state index contributed by atoms with van der Waals surface area (Å²) in [7, 11) is 0. The molecular weight excluding hydrogens is 238 g/mol. The fourth-order valence-corrected chi connectivity index (χ4v) is 1.48. The van der Waals surface area contributed by atoms with Crippen LogP contribution in [0.25, 0.3) is 0 Å². The van der Waals surface area contributed by atoms with E-state index in [0.29, 0.717) is 0 Å². The number of hydrogen-bond acceptors (Lipinski definition) is 2. The van der Waals surface area contributed by atoms with Gasteiger partial charge in [0.2, 0.25) is 0 Å². The topological polar surface area (TPSA) is 38.7 Å². The summed E-state index contributed by atoms with van der Waals surface area (Å²) in [5.41, 5.74) is 1.76. The Morgan fingerprint density at radius 1 is 1.05 bits per heavy atom. The van der Waals surface area contributed by atoms with Gasteiger partial charge in [-0.1, -0.05) is 45.0 Å². The van der Waals surface area contributed by atoms with Crippen molar-refractivity contribution in [1.29, 1.82) is 0 Å². The molecule has 0 bridgehead atoms. The molecule has 0 atom stereocenters. The van der Waals surface area contributed by atoms with Crippen molar-refractivity contribution in [3.63, 3.8) is 0 Å². The lowest BCUT2D eigenvalue weighted by Gasteiger charge is -2.18. The highest BCUT2D eigenvalue weighted by atomic mass is 16.6. The van der Waals surface area contributed by atoms with Crippen molar-refractivity contribution in [2.45, 2.75) is 52.6 Å². The minimum absolute atomic E-state index is 0.126. The first kappa shape index (κ1) is 15.4. The van der Waals surface area contributed by atoms with E-state index in [1.54, 1.807) is 0 Å². The molecule has 1 aromatic carbocycles. The van der Waals surface area contributed by atoms with Gasteiger partial charge in [-0.25, -0.2) is 4.79 Å². The summed E-state index contributed by atoms with van der Waals surface area (Å²) < 4.78 is 5.10. The average molecular weight is 261 g/mol. The Bertz CT molecular complexity index is 459. The monoisotopic (exact) mass is 261 g/mol. The predicted molar refractivity (Wildman–Crippen MR) is 79.0 cm³/mol. The predicted octanol–water partition coefficient (Wildman–Crippen LogP) is 4.34. The fourth-order valence-electron chi connectivity index (χ4n) is 1.48. The molecule has 0 saturated carbocycles. The molecule has 0 aliphatic carbocycles. The van der Waals surface area contributed by atoms with E-state index in [9.17, 15) is 4.79 Å². The van der Waals surface area contributed by atoms with Crippen LogP contribution in [0.1, 0.15) is 52.7 Å². The second-order valence-corrected chi connectivity index (χ2v) is 6.61. The lowest BCUT2D eigenvalue weighted by atomic mass is 9.87. The smallest absolute Gasteiger partial charge is 0.434 e. The van der Waals surface area contributed by atoms with E-state index < -0.39 is 11.7 Å². The largest absolute Gasteiger partial charge is 0.442 e. The van der Waals surface area contributed by atoms with Crippen molar-refractivity contribution in [3.05, 3.63) is 35.4 Å². The molecular formula is C16H23NO2. The van der Waals surface area contributed by atoms with Crippen LogP contribution in [0, 0.1) is 0 Å². The lowest BCUT2D eigenvalue weighted by Crippen LogP contribution is -2.21. The van der Waals surface area contributed by atoms with Crippen molar-refractivity contribution in [2.24, 2.45) is 4.99 Å². The van der Waals surface area contributed by atoms with E-state index >= 15 is 0 Å². The number of rotatable bonds is 1. The van der Waals surface area contributed by atoms with Crippen molar-refractivity contribution < 1.29 is 9.53 Å². The number of nitrogens with zero attached hydrogens (tertiary/aromatic N) is 1. The third kappa shape index (κ3) is 5.69. The zero-order chi connectivity index (χ0) is 14.7. The Balaban J connectivity index is 2.71. The minimum atomic E-state index is -0.563. The fraction of sp³-hybridized carbons (Fsp3) is 0.500. The van der Waals surface area contributed by atoms with Gasteiger partial charge in [0.1, 0.15) is 5.60 Å². The first-order valence-electron chi connectivity index (χ1n) is 6.45. The Morgan fingerprint density at radius 3 is 2.00 bits per heavy atom. The maximum Gasteiger partial charge on any atom is 0.434 e. The first-order chi connectivity index (χ1) is 8.58. The third-order valence-electron chi connectivity index (χ3n) is 2.49. The summed E-state index contributed by atoms with van der Waals surface area (Å²) in [5.74, 6) is 0. The number of amides is 1. The highest BCUT2D eigenvalue weighted by molar-refractivity contribution is 5.88. The number of ether oxygens (including phenoxy) is 1. The molecule has 19 heavy (non-hydrogen) atoms. The second-order valence-electron chi connectivity index (χ2n) is 6.61. The maximum atomic E-state index is 11.4. The summed E-state index contributed by atoms with van der Waals surface area (Å²) in [6.45, 7) is 11.9. The van der Waals surface area contributed by atoms with Crippen molar-refractivity contribution >= 4 is 12.3 Å². The Morgan fingerprint density at radius 2 is 1.58 bits per heavy atom. The molecule has 104 valence electrons. The lowest BCUT2D eigenvalue weighted by molar-refractivity contribution is 0.0605. The molecule has 3 nitrogen and oxygen atoms in total. The molecule has 1 rings (SSSR count). The average Bonchev–Trinajstić information content (AvgIpc) is 2.23. The van der Waals surface area contributed by atoms with Crippen LogP contribution in [0.4, 0.5) is 4.79 Å². The number of aliphatic imine (C=N–C) groups is 1. The van der Waals surface area contributed by atoms with Gasteiger partial charge < -0.3 is 4.74 Å². The molecule has 0 aromatic heterocycles. The van der Waals surface area contributed by atoms with Gasteiger partial charge in [-0.05, 0) is 37.3 Å². The van der Waals surface area contributed by atoms with E-state index in [1.165, 1.54) is 11.8 Å². The summed E-state index contributed by atoms with van der Waals surface area (Å²) in [6.07, 6.45) is 0.966. The molecule has 0 saturated heterocycles. The molecule has 3 heteroatoms. The Labute approximate surface area is 115 Å². The number of carbonyl (C=O) groups excluding carboxylic acids is 1. The van der Waals surface area contributed by atoms with Gasteiger partial charge in [0.05, 0.1) is 0 Å². The Hall–Kier alpha value is -1.64. The summed E-state index contributed by atoms with van der Waals surface area (Å²) in [6, 6.07) is 8.01. The van der Waals surface area contributed by atoms with Crippen LogP contribution in [0.2, 0.25) is 0 Å². The van der Waals surface area contributed by atoms with Crippen LogP contribution in [0.5, 0.6) is 0 Å². The van der Waals surface area contributed by atoms with Crippen LogP contribution in [-0.2, 0) is 10.2 Å². The van der Waals surface area contributed by atoms with E-state index in [1.807, 2.05) is 32.9 Å². The van der Waals surface area contributed by atoms with E-state index in [2.05, 4.69) is 37.9 Å². The second kappa shape index (κ2) is 5.55. The molecule has 0 unspecified atom stereocenters. The maximum absolute atomic E-state index is 11.4. The highest BCUT2D eigenvalue weighted by Crippen LogP contribution is 2.21. The normalized spacial score (nSPS) is 12.7. The molecule has 0 aliphatic heterocycles. The molecule has 0 spiro atoms. The molecule has 0 radical (unpaired) electrons. The molecule has 1 amide bonds. The van der Waals surface area contributed by atoms with Crippen molar-refractivity contribution in [2.75, 3.05) is 0 Å². The number of carbonyl (C=O) groups is 1. The highest BCUT2D eigenvalue weighted by Gasteiger charge is 2.15. The van der Waals surface area contributed by atoms with E-state index in [0.717, 1.165) is 5.56 Å². The summed E-state index contributed by atoms with van der Waals surface area (Å²) >= 11 is 0. The molecule has 0 heterocycles. The van der Waals surface area contributed by atoms with Gasteiger partial charge in [0.15, 0.2) is 0 Å². The first-order valence-corrected chi connectivity index (χ1v) is 6.45. The van der Waals surface area contributed by atoms with Crippen LogP contribution < -0.4 is 0 Å². The van der Waals surface area contributed by atoms with Gasteiger partial charge in [0, 0.05) is 6.21 Å². The SMILES string of the molecule is CC(C)(C)OC(=O)/N=C/c1ccc(C(C)(C)C)cc1. The van der Waals surface area contributed by atoms with Crippen molar-refractivity contribution in [3.8, 4) is 0 Å². The standard InChI is InChI=1S/C16H23NO2/c1-15(2,3)13-9-7-12(8-10-13)11-17-14(18)19-16(4,5)6/h7-11H,1-6H3/b17-11+. The van der Waals surface area contributed by atoms with Crippen molar-refractivity contribution in [1.82, 2.24) is 0 Å².